The molecule has 5 nitrogen and oxygen atoms in total. The van der Waals surface area contributed by atoms with Crippen LogP contribution in [-0.2, 0) is 4.74 Å². The number of ether oxygens (including phenoxy) is 1. The van der Waals surface area contributed by atoms with Crippen LogP contribution in [-0.4, -0.2) is 37.2 Å². The van der Waals surface area contributed by atoms with Crippen LogP contribution in [0.3, 0.4) is 0 Å². The van der Waals surface area contributed by atoms with Gasteiger partial charge in [0.1, 0.15) is 0 Å². The molecular formula is C14H17N3O2. The molecule has 0 aliphatic carbocycles. The van der Waals surface area contributed by atoms with Gasteiger partial charge < -0.3 is 15.8 Å². The molecule has 0 saturated carbocycles. The average Bonchev–Trinajstić information content (AvgIpc) is 2.96. The van der Waals surface area contributed by atoms with Crippen molar-refractivity contribution in [2.45, 2.75) is 6.42 Å². The molecule has 5 heteroatoms. The van der Waals surface area contributed by atoms with Crippen LogP contribution in [0.4, 0.5) is 0 Å². The van der Waals surface area contributed by atoms with Gasteiger partial charge >= 0.3 is 0 Å². The Kier molecular flexibility index (Phi) is 4.90. The van der Waals surface area contributed by atoms with E-state index in [1.54, 1.807) is 12.3 Å². The summed E-state index contributed by atoms with van der Waals surface area (Å²) in [5.74, 6) is 5.88. The number of carbonyl (C=O) groups excluding carboxylic acids is 1. The first kappa shape index (κ1) is 13.5. The number of hydrogen-bond acceptors (Lipinski definition) is 4. The number of nitrogens with two attached hydrogens (primary N) is 1. The lowest BCUT2D eigenvalue weighted by atomic mass is 10.1. The molecule has 1 fully saturated rings. The molecule has 1 amide bonds. The van der Waals surface area contributed by atoms with Crippen LogP contribution < -0.4 is 11.1 Å². The summed E-state index contributed by atoms with van der Waals surface area (Å²) in [6, 6.07) is 1.72. The fourth-order valence-corrected chi connectivity index (χ4v) is 1.87. The second-order valence-corrected chi connectivity index (χ2v) is 4.41. The molecule has 1 aliphatic rings. The summed E-state index contributed by atoms with van der Waals surface area (Å²) in [6.07, 6.45) is 4.15. The summed E-state index contributed by atoms with van der Waals surface area (Å²) < 4.78 is 5.26. The van der Waals surface area contributed by atoms with E-state index < -0.39 is 0 Å². The summed E-state index contributed by atoms with van der Waals surface area (Å²) in [6.45, 7) is 2.43. The third-order valence-corrected chi connectivity index (χ3v) is 2.91. The van der Waals surface area contributed by atoms with Gasteiger partial charge in [-0.1, -0.05) is 11.8 Å². The van der Waals surface area contributed by atoms with Crippen molar-refractivity contribution in [2.75, 3.05) is 26.3 Å². The molecule has 100 valence electrons. The van der Waals surface area contributed by atoms with E-state index in [0.29, 0.717) is 23.6 Å². The van der Waals surface area contributed by atoms with Gasteiger partial charge in [-0.3, -0.25) is 9.78 Å². The molecule has 3 N–H and O–H groups in total. The standard InChI is InChI=1S/C14H17N3O2/c15-4-1-2-11-6-13(9-16-7-11)14(18)17-8-12-3-5-19-10-12/h6-7,9,12H,3-5,8,10,15H2,(H,17,18). The maximum Gasteiger partial charge on any atom is 0.252 e. The van der Waals surface area contributed by atoms with Crippen molar-refractivity contribution in [1.82, 2.24) is 10.3 Å². The van der Waals surface area contributed by atoms with E-state index in [2.05, 4.69) is 22.1 Å². The first-order chi connectivity index (χ1) is 9.29. The zero-order chi connectivity index (χ0) is 13.5. The highest BCUT2D eigenvalue weighted by atomic mass is 16.5. The van der Waals surface area contributed by atoms with Gasteiger partial charge in [-0.15, -0.1) is 0 Å². The third-order valence-electron chi connectivity index (χ3n) is 2.91. The number of carbonyl (C=O) groups is 1. The van der Waals surface area contributed by atoms with Gasteiger partial charge in [-0.05, 0) is 12.5 Å². The lowest BCUT2D eigenvalue weighted by Crippen LogP contribution is -2.29. The van der Waals surface area contributed by atoms with Gasteiger partial charge in [0.05, 0.1) is 18.7 Å². The molecule has 1 saturated heterocycles. The molecule has 1 aromatic rings. The zero-order valence-electron chi connectivity index (χ0n) is 10.7. The van der Waals surface area contributed by atoms with Crippen LogP contribution in [0.25, 0.3) is 0 Å². The highest BCUT2D eigenvalue weighted by Gasteiger charge is 2.16. The zero-order valence-corrected chi connectivity index (χ0v) is 10.7. The fraction of sp³-hybridized carbons (Fsp3) is 0.429. The number of pyridine rings is 1. The molecule has 1 atom stereocenters. The highest BCUT2D eigenvalue weighted by molar-refractivity contribution is 5.94. The van der Waals surface area contributed by atoms with Crippen molar-refractivity contribution in [1.29, 1.82) is 0 Å². The van der Waals surface area contributed by atoms with Crippen LogP contribution in [0.5, 0.6) is 0 Å². The van der Waals surface area contributed by atoms with Crippen LogP contribution >= 0.6 is 0 Å². The maximum absolute atomic E-state index is 12.0. The molecule has 0 bridgehead atoms. The molecule has 2 heterocycles. The number of hydrogen-bond donors (Lipinski definition) is 2. The number of nitrogens with one attached hydrogen (secondary N) is 1. The Balaban J connectivity index is 1.94. The Morgan fingerprint density at radius 1 is 1.58 bits per heavy atom. The van der Waals surface area contributed by atoms with E-state index >= 15 is 0 Å². The predicted octanol–water partition coefficient (Wildman–Crippen LogP) is 0.158. The maximum atomic E-state index is 12.0. The van der Waals surface area contributed by atoms with Crippen molar-refractivity contribution in [3.8, 4) is 11.8 Å². The topological polar surface area (TPSA) is 77.2 Å². The van der Waals surface area contributed by atoms with Gasteiger partial charge in [0.15, 0.2) is 0 Å². The Morgan fingerprint density at radius 3 is 3.21 bits per heavy atom. The van der Waals surface area contributed by atoms with Gasteiger partial charge in [-0.2, -0.15) is 0 Å². The number of nitrogens with zero attached hydrogens (tertiary/aromatic N) is 1. The van der Waals surface area contributed by atoms with Crippen LogP contribution in [0.15, 0.2) is 18.5 Å². The summed E-state index contributed by atoms with van der Waals surface area (Å²) in [4.78, 5) is 16.0. The highest BCUT2D eigenvalue weighted by Crippen LogP contribution is 2.11. The lowest BCUT2D eigenvalue weighted by Gasteiger charge is -2.09. The Morgan fingerprint density at radius 2 is 2.47 bits per heavy atom. The lowest BCUT2D eigenvalue weighted by molar-refractivity contribution is 0.0944. The molecule has 0 spiro atoms. The summed E-state index contributed by atoms with van der Waals surface area (Å²) in [7, 11) is 0. The van der Waals surface area contributed by atoms with Gasteiger partial charge in [0.25, 0.3) is 5.91 Å². The van der Waals surface area contributed by atoms with E-state index in [9.17, 15) is 4.79 Å². The van der Waals surface area contributed by atoms with Crippen molar-refractivity contribution in [3.05, 3.63) is 29.6 Å². The summed E-state index contributed by atoms with van der Waals surface area (Å²) in [5, 5.41) is 2.89. The predicted molar refractivity (Wildman–Crippen MR) is 71.4 cm³/mol. The van der Waals surface area contributed by atoms with Crippen molar-refractivity contribution in [2.24, 2.45) is 11.7 Å². The molecule has 1 unspecified atom stereocenters. The minimum atomic E-state index is -0.129. The Labute approximate surface area is 112 Å². The van der Waals surface area contributed by atoms with E-state index in [-0.39, 0.29) is 12.5 Å². The smallest absolute Gasteiger partial charge is 0.252 e. The van der Waals surface area contributed by atoms with E-state index in [1.807, 2.05) is 0 Å². The second kappa shape index (κ2) is 6.88. The average molecular weight is 259 g/mol. The monoisotopic (exact) mass is 259 g/mol. The first-order valence-electron chi connectivity index (χ1n) is 6.29. The fourth-order valence-electron chi connectivity index (χ4n) is 1.87. The summed E-state index contributed by atoms with van der Waals surface area (Å²) >= 11 is 0. The molecular weight excluding hydrogens is 242 g/mol. The third kappa shape index (κ3) is 4.05. The minimum absolute atomic E-state index is 0.129. The summed E-state index contributed by atoms with van der Waals surface area (Å²) in [5.41, 5.74) is 6.52. The van der Waals surface area contributed by atoms with Gasteiger partial charge in [-0.25, -0.2) is 0 Å². The van der Waals surface area contributed by atoms with Crippen molar-refractivity contribution < 1.29 is 9.53 Å². The van der Waals surface area contributed by atoms with Crippen LogP contribution in [0, 0.1) is 17.8 Å². The van der Waals surface area contributed by atoms with Crippen molar-refractivity contribution in [3.63, 3.8) is 0 Å². The number of rotatable bonds is 3. The second-order valence-electron chi connectivity index (χ2n) is 4.41. The Hall–Kier alpha value is -1.90. The Bertz CT molecular complexity index is 499. The number of amides is 1. The van der Waals surface area contributed by atoms with E-state index in [4.69, 9.17) is 10.5 Å². The first-order valence-corrected chi connectivity index (χ1v) is 6.29. The molecule has 0 radical (unpaired) electrons. The van der Waals surface area contributed by atoms with Gasteiger partial charge in [0.2, 0.25) is 0 Å². The molecule has 19 heavy (non-hydrogen) atoms. The largest absolute Gasteiger partial charge is 0.381 e. The SMILES string of the molecule is NCC#Cc1cncc(C(=O)NCC2CCOC2)c1. The molecule has 1 aliphatic heterocycles. The molecule has 1 aromatic heterocycles. The molecule has 0 aromatic carbocycles. The van der Waals surface area contributed by atoms with Crippen LogP contribution in [0.2, 0.25) is 0 Å². The normalized spacial score (nSPS) is 17.6. The van der Waals surface area contributed by atoms with Crippen LogP contribution in [0.1, 0.15) is 22.3 Å². The minimum Gasteiger partial charge on any atom is -0.381 e. The van der Waals surface area contributed by atoms with E-state index in [0.717, 1.165) is 19.6 Å². The van der Waals surface area contributed by atoms with E-state index in [1.165, 1.54) is 6.20 Å². The van der Waals surface area contributed by atoms with Crippen molar-refractivity contribution >= 4 is 5.91 Å². The quantitative estimate of drug-likeness (QED) is 0.758. The van der Waals surface area contributed by atoms with Gasteiger partial charge in [0, 0.05) is 37.0 Å². The molecule has 2 rings (SSSR count). The number of aromatic nitrogens is 1.